The molecule has 0 rings (SSSR count). The summed E-state index contributed by atoms with van der Waals surface area (Å²) < 4.78 is 21.8. The van der Waals surface area contributed by atoms with Crippen LogP contribution in [-0.4, -0.2) is 57.4 Å². The zero-order valence-corrected chi connectivity index (χ0v) is 10.8. The first-order chi connectivity index (χ1) is 6.58. The van der Waals surface area contributed by atoms with Crippen molar-refractivity contribution in [3.8, 4) is 0 Å². The number of nitrogens with zero attached hydrogens (tertiary/aromatic N) is 1. The van der Waals surface area contributed by atoms with Gasteiger partial charge in [-0.1, -0.05) is 0 Å². The van der Waals surface area contributed by atoms with Crippen LogP contribution in [0.3, 0.4) is 0 Å². The molecule has 0 aromatic rings. The maximum atomic E-state index is 11.3. The summed E-state index contributed by atoms with van der Waals surface area (Å²) in [6.07, 6.45) is 1.20. The highest BCUT2D eigenvalue weighted by atomic mass is 32.2. The molecule has 0 aliphatic carbocycles. The molecule has 0 bridgehead atoms. The molecule has 0 saturated heterocycles. The molecule has 6 heteroatoms. The Morgan fingerprint density at radius 3 is 2.13 bits per heavy atom. The minimum absolute atomic E-state index is 0.0701. The highest BCUT2D eigenvalue weighted by Gasteiger charge is 2.29. The number of nitrogens with one attached hydrogen (secondary N) is 1. The maximum absolute atomic E-state index is 11.3. The molecule has 0 saturated carbocycles. The summed E-state index contributed by atoms with van der Waals surface area (Å²) in [6.45, 7) is 3.70. The van der Waals surface area contributed by atoms with Crippen LogP contribution in [0.2, 0.25) is 0 Å². The van der Waals surface area contributed by atoms with E-state index in [0.717, 1.165) is 0 Å². The molecule has 15 heavy (non-hydrogen) atoms. The zero-order chi connectivity index (χ0) is 12.3. The molecule has 0 heterocycles. The fourth-order valence-electron chi connectivity index (χ4n) is 0.760. The monoisotopic (exact) mass is 236 g/mol. The van der Waals surface area contributed by atoms with E-state index in [-0.39, 0.29) is 19.0 Å². The second-order valence-corrected chi connectivity index (χ2v) is 7.07. The first-order valence-corrected chi connectivity index (χ1v) is 6.57. The molecule has 1 N–H and O–H groups in total. The number of likely N-dealkylation sites (N-methyl/N-ethyl adjacent to an activating group) is 1. The molecule has 0 spiro atoms. The Kier molecular flexibility index (Phi) is 4.73. The Hall–Kier alpha value is -0.620. The van der Waals surface area contributed by atoms with E-state index in [2.05, 4.69) is 5.32 Å². The van der Waals surface area contributed by atoms with Crippen LogP contribution in [-0.2, 0) is 14.6 Å². The third-order valence-electron chi connectivity index (χ3n) is 2.33. The predicted molar refractivity (Wildman–Crippen MR) is 60.5 cm³/mol. The Morgan fingerprint density at radius 2 is 1.80 bits per heavy atom. The van der Waals surface area contributed by atoms with Crippen molar-refractivity contribution in [2.24, 2.45) is 0 Å². The van der Waals surface area contributed by atoms with Crippen LogP contribution in [0.25, 0.3) is 0 Å². The van der Waals surface area contributed by atoms with Gasteiger partial charge in [0.25, 0.3) is 0 Å². The minimum atomic E-state index is -3.11. The van der Waals surface area contributed by atoms with Crippen molar-refractivity contribution in [3.63, 3.8) is 0 Å². The van der Waals surface area contributed by atoms with E-state index in [1.807, 2.05) is 0 Å². The SMILES string of the molecule is CN(C)C(=O)CNCC(C)(C)S(C)(=O)=O. The highest BCUT2D eigenvalue weighted by molar-refractivity contribution is 7.92. The van der Waals surface area contributed by atoms with Crippen LogP contribution in [0.15, 0.2) is 0 Å². The Balaban J connectivity index is 4.14. The van der Waals surface area contributed by atoms with Crippen LogP contribution in [0.5, 0.6) is 0 Å². The molecule has 90 valence electrons. The molecule has 0 radical (unpaired) electrons. The van der Waals surface area contributed by atoms with Gasteiger partial charge < -0.3 is 10.2 Å². The summed E-state index contributed by atoms with van der Waals surface area (Å²) in [6, 6.07) is 0. The number of sulfone groups is 1. The fraction of sp³-hybridized carbons (Fsp3) is 0.889. The average molecular weight is 236 g/mol. The molecular formula is C9H20N2O3S. The molecule has 0 aromatic carbocycles. The van der Waals surface area contributed by atoms with Gasteiger partial charge in [-0.05, 0) is 13.8 Å². The van der Waals surface area contributed by atoms with Crippen molar-refractivity contribution in [1.29, 1.82) is 0 Å². The molecule has 5 nitrogen and oxygen atoms in total. The van der Waals surface area contributed by atoms with Crippen molar-refractivity contribution in [3.05, 3.63) is 0 Å². The van der Waals surface area contributed by atoms with Crippen molar-refractivity contribution in [2.45, 2.75) is 18.6 Å². The lowest BCUT2D eigenvalue weighted by Crippen LogP contribution is -2.44. The van der Waals surface area contributed by atoms with Gasteiger partial charge in [0.1, 0.15) is 0 Å². The Labute approximate surface area is 91.8 Å². The van der Waals surface area contributed by atoms with E-state index < -0.39 is 14.6 Å². The van der Waals surface area contributed by atoms with Gasteiger partial charge in [-0.25, -0.2) is 8.42 Å². The summed E-state index contributed by atoms with van der Waals surface area (Å²) in [5.41, 5.74) is 0. The number of hydrogen-bond acceptors (Lipinski definition) is 4. The smallest absolute Gasteiger partial charge is 0.236 e. The van der Waals surface area contributed by atoms with Crippen LogP contribution in [0.1, 0.15) is 13.8 Å². The Bertz CT molecular complexity index is 320. The zero-order valence-electron chi connectivity index (χ0n) is 9.99. The van der Waals surface area contributed by atoms with Crippen LogP contribution >= 0.6 is 0 Å². The maximum Gasteiger partial charge on any atom is 0.236 e. The third kappa shape index (κ3) is 4.61. The third-order valence-corrected chi connectivity index (χ3v) is 4.48. The standard InChI is InChI=1S/C9H20N2O3S/c1-9(2,15(5,13)14)7-10-6-8(12)11(3)4/h10H,6-7H2,1-5H3. The molecular weight excluding hydrogens is 216 g/mol. The predicted octanol–water partition coefficient (Wildman–Crippen LogP) is -0.513. The quantitative estimate of drug-likeness (QED) is 0.698. The molecule has 0 aliphatic heterocycles. The van der Waals surface area contributed by atoms with Gasteiger partial charge >= 0.3 is 0 Å². The summed E-state index contributed by atoms with van der Waals surface area (Å²) in [5.74, 6) is -0.0701. The first kappa shape index (κ1) is 14.4. The molecule has 0 fully saturated rings. The van der Waals surface area contributed by atoms with Crippen LogP contribution in [0.4, 0.5) is 0 Å². The minimum Gasteiger partial charge on any atom is -0.348 e. The average Bonchev–Trinajstić information content (AvgIpc) is 2.01. The van der Waals surface area contributed by atoms with E-state index in [1.54, 1.807) is 27.9 Å². The van der Waals surface area contributed by atoms with Gasteiger partial charge in [-0.2, -0.15) is 0 Å². The molecule has 0 unspecified atom stereocenters. The lowest BCUT2D eigenvalue weighted by molar-refractivity contribution is -0.127. The van der Waals surface area contributed by atoms with Gasteiger partial charge in [0.05, 0.1) is 11.3 Å². The molecule has 1 amide bonds. The normalized spacial score (nSPS) is 12.6. The van der Waals surface area contributed by atoms with Crippen LogP contribution < -0.4 is 5.32 Å². The highest BCUT2D eigenvalue weighted by Crippen LogP contribution is 2.12. The van der Waals surface area contributed by atoms with E-state index >= 15 is 0 Å². The Morgan fingerprint density at radius 1 is 1.33 bits per heavy atom. The second-order valence-electron chi connectivity index (χ2n) is 4.42. The lowest BCUT2D eigenvalue weighted by Gasteiger charge is -2.23. The van der Waals surface area contributed by atoms with Gasteiger partial charge in [0.2, 0.25) is 5.91 Å². The summed E-state index contributed by atoms with van der Waals surface area (Å²) >= 11 is 0. The lowest BCUT2D eigenvalue weighted by atomic mass is 10.2. The number of carbonyl (C=O) groups is 1. The van der Waals surface area contributed by atoms with E-state index in [9.17, 15) is 13.2 Å². The van der Waals surface area contributed by atoms with Crippen molar-refractivity contribution in [1.82, 2.24) is 10.2 Å². The second kappa shape index (κ2) is 4.94. The van der Waals surface area contributed by atoms with E-state index in [4.69, 9.17) is 0 Å². The van der Waals surface area contributed by atoms with Crippen molar-refractivity contribution in [2.75, 3.05) is 33.4 Å². The number of carbonyl (C=O) groups excluding carboxylic acids is 1. The summed E-state index contributed by atoms with van der Waals surface area (Å²) in [4.78, 5) is 12.7. The van der Waals surface area contributed by atoms with Gasteiger partial charge in [0, 0.05) is 26.9 Å². The van der Waals surface area contributed by atoms with Gasteiger partial charge in [-0.3, -0.25) is 4.79 Å². The summed E-state index contributed by atoms with van der Waals surface area (Å²) in [7, 11) is 0.209. The van der Waals surface area contributed by atoms with Gasteiger partial charge in [0.15, 0.2) is 9.84 Å². The topological polar surface area (TPSA) is 66.5 Å². The molecule has 0 aromatic heterocycles. The number of hydrogen-bond donors (Lipinski definition) is 1. The van der Waals surface area contributed by atoms with E-state index in [0.29, 0.717) is 0 Å². The molecule has 0 atom stereocenters. The number of rotatable bonds is 5. The fourth-order valence-corrected chi connectivity index (χ4v) is 1.12. The molecule has 0 aliphatic rings. The van der Waals surface area contributed by atoms with Crippen LogP contribution in [0, 0.1) is 0 Å². The largest absolute Gasteiger partial charge is 0.348 e. The summed E-state index contributed by atoms with van der Waals surface area (Å²) in [5, 5.41) is 2.84. The van der Waals surface area contributed by atoms with Crippen molar-refractivity contribution < 1.29 is 13.2 Å². The van der Waals surface area contributed by atoms with Gasteiger partial charge in [-0.15, -0.1) is 0 Å². The number of amides is 1. The van der Waals surface area contributed by atoms with E-state index in [1.165, 1.54) is 11.2 Å². The van der Waals surface area contributed by atoms with Crippen molar-refractivity contribution >= 4 is 15.7 Å². The first-order valence-electron chi connectivity index (χ1n) is 4.68.